The molecule has 8 nitrogen and oxygen atoms in total. The van der Waals surface area contributed by atoms with Crippen molar-refractivity contribution in [1.29, 1.82) is 0 Å². The van der Waals surface area contributed by atoms with E-state index in [1.807, 2.05) is 30.3 Å². The summed E-state index contributed by atoms with van der Waals surface area (Å²) >= 11 is 0. The second-order valence-electron chi connectivity index (χ2n) is 6.25. The molecule has 0 saturated carbocycles. The smallest absolute Gasteiger partial charge is 0.241 e. The summed E-state index contributed by atoms with van der Waals surface area (Å²) in [5.41, 5.74) is 0.991. The normalized spacial score (nSPS) is 12.7. The van der Waals surface area contributed by atoms with E-state index in [2.05, 4.69) is 15.6 Å². The van der Waals surface area contributed by atoms with Gasteiger partial charge in [0.1, 0.15) is 5.76 Å². The first-order chi connectivity index (χ1) is 13.1. The van der Waals surface area contributed by atoms with Gasteiger partial charge in [-0.15, -0.1) is 0 Å². The Kier molecular flexibility index (Phi) is 6.19. The Hall–Kier alpha value is -3.16. The van der Waals surface area contributed by atoms with Crippen molar-refractivity contribution in [3.05, 3.63) is 47.9 Å². The lowest BCUT2D eigenvalue weighted by molar-refractivity contribution is -0.127. The zero-order valence-electron chi connectivity index (χ0n) is 15.5. The van der Waals surface area contributed by atoms with Crippen molar-refractivity contribution in [2.24, 2.45) is 4.99 Å². The number of aliphatic imine (C=N–C) groups is 1. The van der Waals surface area contributed by atoms with Crippen LogP contribution in [-0.2, 0) is 17.8 Å². The van der Waals surface area contributed by atoms with Crippen LogP contribution in [0.1, 0.15) is 11.3 Å². The predicted octanol–water partition coefficient (Wildman–Crippen LogP) is 1.37. The molecule has 0 bridgehead atoms. The van der Waals surface area contributed by atoms with E-state index in [1.165, 1.54) is 4.90 Å². The molecule has 144 valence electrons. The molecular weight excluding hydrogens is 348 g/mol. The lowest BCUT2D eigenvalue weighted by Gasteiger charge is -2.15. The van der Waals surface area contributed by atoms with Gasteiger partial charge in [-0.2, -0.15) is 0 Å². The van der Waals surface area contributed by atoms with Crippen molar-refractivity contribution in [3.63, 3.8) is 0 Å². The van der Waals surface area contributed by atoms with Crippen LogP contribution in [0.25, 0.3) is 0 Å². The first-order valence-electron chi connectivity index (χ1n) is 8.75. The summed E-state index contributed by atoms with van der Waals surface area (Å²) in [6, 6.07) is 9.52. The van der Waals surface area contributed by atoms with Crippen LogP contribution in [0.2, 0.25) is 0 Å². The number of hydrogen-bond acceptors (Lipinski definition) is 5. The third kappa shape index (κ3) is 5.40. The fourth-order valence-electron chi connectivity index (χ4n) is 2.46. The summed E-state index contributed by atoms with van der Waals surface area (Å²) in [7, 11) is 3.44. The van der Waals surface area contributed by atoms with Gasteiger partial charge in [0, 0.05) is 27.1 Å². The van der Waals surface area contributed by atoms with E-state index in [4.69, 9.17) is 13.9 Å². The number of likely N-dealkylation sites (N-methyl/N-ethyl adjacent to an activating group) is 1. The third-order valence-corrected chi connectivity index (χ3v) is 4.01. The Balaban J connectivity index is 1.60. The van der Waals surface area contributed by atoms with Crippen LogP contribution in [0, 0.1) is 0 Å². The highest BCUT2D eigenvalue weighted by Gasteiger charge is 2.13. The highest BCUT2D eigenvalue weighted by molar-refractivity contribution is 5.86. The summed E-state index contributed by atoms with van der Waals surface area (Å²) in [5, 5.41) is 6.29. The molecule has 0 radical (unpaired) electrons. The number of nitrogens with one attached hydrogen (secondary N) is 2. The molecule has 0 saturated heterocycles. The number of guanidine groups is 1. The molecule has 1 amide bonds. The minimum atomic E-state index is -0.0291. The van der Waals surface area contributed by atoms with Crippen LogP contribution in [0.15, 0.2) is 46.0 Å². The SMILES string of the molecule is CN(C)C(=O)CNC(=NCc1ccc2c(c1)OCO2)NCCc1ccco1. The van der Waals surface area contributed by atoms with Gasteiger partial charge >= 0.3 is 0 Å². The number of amides is 1. The van der Waals surface area contributed by atoms with E-state index in [9.17, 15) is 4.79 Å². The average molecular weight is 372 g/mol. The van der Waals surface area contributed by atoms with Gasteiger partial charge in [-0.25, -0.2) is 4.99 Å². The number of benzene rings is 1. The Morgan fingerprint density at radius 2 is 2.04 bits per heavy atom. The van der Waals surface area contributed by atoms with E-state index < -0.39 is 0 Å². The number of ether oxygens (including phenoxy) is 2. The van der Waals surface area contributed by atoms with Crippen LogP contribution in [0.3, 0.4) is 0 Å². The molecular formula is C19H24N4O4. The lowest BCUT2D eigenvalue weighted by atomic mass is 10.2. The maximum absolute atomic E-state index is 11.8. The number of rotatable bonds is 7. The van der Waals surface area contributed by atoms with Crippen molar-refractivity contribution < 1.29 is 18.7 Å². The molecule has 0 spiro atoms. The van der Waals surface area contributed by atoms with Crippen molar-refractivity contribution in [3.8, 4) is 11.5 Å². The standard InChI is InChI=1S/C19H24N4O4/c1-23(2)18(24)12-22-19(20-8-7-15-4-3-9-25-15)21-11-14-5-6-16-17(10-14)27-13-26-16/h3-6,9-10H,7-8,11-13H2,1-2H3,(H2,20,21,22). The number of fused-ring (bicyclic) bond motifs is 1. The highest BCUT2D eigenvalue weighted by Crippen LogP contribution is 2.32. The zero-order valence-corrected chi connectivity index (χ0v) is 15.5. The number of hydrogen-bond donors (Lipinski definition) is 2. The predicted molar refractivity (Wildman–Crippen MR) is 101 cm³/mol. The number of nitrogens with zero attached hydrogens (tertiary/aromatic N) is 2. The average Bonchev–Trinajstić information content (AvgIpc) is 3.34. The number of furan rings is 1. The Morgan fingerprint density at radius 3 is 2.81 bits per heavy atom. The molecule has 1 aliphatic heterocycles. The van der Waals surface area contributed by atoms with Crippen molar-refractivity contribution in [2.45, 2.75) is 13.0 Å². The van der Waals surface area contributed by atoms with Gasteiger partial charge in [-0.05, 0) is 29.8 Å². The first kappa shape index (κ1) is 18.6. The summed E-state index contributed by atoms with van der Waals surface area (Å²) < 4.78 is 16.0. The molecule has 2 heterocycles. The molecule has 0 atom stereocenters. The van der Waals surface area contributed by atoms with Crippen molar-refractivity contribution in [2.75, 3.05) is 34.0 Å². The zero-order chi connectivity index (χ0) is 19.1. The molecule has 0 aliphatic carbocycles. The Labute approximate surface area is 158 Å². The fraction of sp³-hybridized carbons (Fsp3) is 0.368. The van der Waals surface area contributed by atoms with Gasteiger partial charge < -0.3 is 29.4 Å². The van der Waals surface area contributed by atoms with Gasteiger partial charge in [-0.1, -0.05) is 6.07 Å². The second kappa shape index (κ2) is 8.98. The number of carbonyl (C=O) groups excluding carboxylic acids is 1. The van der Waals surface area contributed by atoms with Crippen LogP contribution in [-0.4, -0.2) is 50.7 Å². The molecule has 27 heavy (non-hydrogen) atoms. The minimum absolute atomic E-state index is 0.0291. The topological polar surface area (TPSA) is 88.3 Å². The number of carbonyl (C=O) groups is 1. The van der Waals surface area contributed by atoms with Crippen LogP contribution in [0.4, 0.5) is 0 Å². The van der Waals surface area contributed by atoms with Gasteiger partial charge in [0.15, 0.2) is 17.5 Å². The van der Waals surface area contributed by atoms with Crippen LogP contribution < -0.4 is 20.1 Å². The largest absolute Gasteiger partial charge is 0.469 e. The monoisotopic (exact) mass is 372 g/mol. The maximum atomic E-state index is 11.8. The summed E-state index contributed by atoms with van der Waals surface area (Å²) in [6.07, 6.45) is 2.37. The van der Waals surface area contributed by atoms with Gasteiger partial charge in [0.2, 0.25) is 12.7 Å². The molecule has 1 aromatic carbocycles. The van der Waals surface area contributed by atoms with Gasteiger partial charge in [0.25, 0.3) is 0 Å². The minimum Gasteiger partial charge on any atom is -0.469 e. The van der Waals surface area contributed by atoms with E-state index in [0.717, 1.165) is 29.2 Å². The van der Waals surface area contributed by atoms with Gasteiger partial charge in [-0.3, -0.25) is 4.79 Å². The van der Waals surface area contributed by atoms with Crippen molar-refractivity contribution >= 4 is 11.9 Å². The summed E-state index contributed by atoms with van der Waals surface area (Å²) in [5.74, 6) is 2.90. The molecule has 1 aliphatic rings. The van der Waals surface area contributed by atoms with Crippen LogP contribution in [0.5, 0.6) is 11.5 Å². The van der Waals surface area contributed by atoms with E-state index in [0.29, 0.717) is 19.0 Å². The molecule has 0 unspecified atom stereocenters. The van der Waals surface area contributed by atoms with E-state index >= 15 is 0 Å². The van der Waals surface area contributed by atoms with Gasteiger partial charge in [0.05, 0.1) is 19.4 Å². The first-order valence-corrected chi connectivity index (χ1v) is 8.75. The fourth-order valence-corrected chi connectivity index (χ4v) is 2.46. The molecule has 1 aromatic heterocycles. The summed E-state index contributed by atoms with van der Waals surface area (Å²) in [6.45, 7) is 1.50. The molecule has 3 rings (SSSR count). The molecule has 2 aromatic rings. The second-order valence-corrected chi connectivity index (χ2v) is 6.25. The molecule has 8 heteroatoms. The maximum Gasteiger partial charge on any atom is 0.241 e. The van der Waals surface area contributed by atoms with E-state index in [-0.39, 0.29) is 19.2 Å². The third-order valence-electron chi connectivity index (χ3n) is 4.01. The van der Waals surface area contributed by atoms with E-state index in [1.54, 1.807) is 20.4 Å². The quantitative estimate of drug-likeness (QED) is 0.564. The highest BCUT2D eigenvalue weighted by atomic mass is 16.7. The Morgan fingerprint density at radius 1 is 1.19 bits per heavy atom. The van der Waals surface area contributed by atoms with Crippen LogP contribution >= 0.6 is 0 Å². The molecule has 2 N–H and O–H groups in total. The molecule has 0 fully saturated rings. The van der Waals surface area contributed by atoms with Crippen molar-refractivity contribution in [1.82, 2.24) is 15.5 Å². The lowest BCUT2D eigenvalue weighted by Crippen LogP contribution is -2.43. The summed E-state index contributed by atoms with van der Waals surface area (Å²) in [4.78, 5) is 17.9. The Bertz CT molecular complexity index is 787.